The maximum atomic E-state index is 11.9. The highest BCUT2D eigenvalue weighted by Gasteiger charge is 2.27. The van der Waals surface area contributed by atoms with Crippen molar-refractivity contribution in [3.05, 3.63) is 0 Å². The number of carbonyl (C=O) groups excluding carboxylic acids is 1. The summed E-state index contributed by atoms with van der Waals surface area (Å²) in [5.41, 5.74) is 0. The minimum atomic E-state index is -0.215. The molecular weight excluding hydrogens is 206 g/mol. The van der Waals surface area contributed by atoms with Gasteiger partial charge in [-0.25, -0.2) is 4.79 Å². The SMILES string of the molecule is CCC(C)OC(=O)N1CCCC[C@@H]1CCO. The van der Waals surface area contributed by atoms with Crippen LogP contribution in [-0.2, 0) is 4.74 Å². The number of hydrogen-bond acceptors (Lipinski definition) is 3. The third-order valence-electron chi connectivity index (χ3n) is 3.20. The lowest BCUT2D eigenvalue weighted by Gasteiger charge is -2.35. The number of likely N-dealkylation sites (tertiary alicyclic amines) is 1. The lowest BCUT2D eigenvalue weighted by atomic mass is 10.0. The molecule has 1 N–H and O–H groups in total. The van der Waals surface area contributed by atoms with E-state index in [1.807, 2.05) is 13.8 Å². The Morgan fingerprint density at radius 2 is 2.31 bits per heavy atom. The molecule has 1 aliphatic rings. The smallest absolute Gasteiger partial charge is 0.410 e. The van der Waals surface area contributed by atoms with Gasteiger partial charge >= 0.3 is 6.09 Å². The van der Waals surface area contributed by atoms with Gasteiger partial charge in [-0.15, -0.1) is 0 Å². The van der Waals surface area contributed by atoms with Gasteiger partial charge in [-0.3, -0.25) is 0 Å². The molecular formula is C12H23NO3. The first kappa shape index (κ1) is 13.3. The van der Waals surface area contributed by atoms with Crippen molar-refractivity contribution in [3.8, 4) is 0 Å². The average molecular weight is 229 g/mol. The lowest BCUT2D eigenvalue weighted by Crippen LogP contribution is -2.45. The molecule has 94 valence electrons. The van der Waals surface area contributed by atoms with E-state index < -0.39 is 0 Å². The molecule has 1 saturated heterocycles. The quantitative estimate of drug-likeness (QED) is 0.803. The number of aliphatic hydroxyl groups is 1. The van der Waals surface area contributed by atoms with Crippen molar-refractivity contribution >= 4 is 6.09 Å². The molecule has 1 heterocycles. The Kier molecular flexibility index (Phi) is 5.60. The van der Waals surface area contributed by atoms with Crippen LogP contribution < -0.4 is 0 Å². The highest BCUT2D eigenvalue weighted by Crippen LogP contribution is 2.20. The van der Waals surface area contributed by atoms with E-state index in [1.165, 1.54) is 0 Å². The van der Waals surface area contributed by atoms with Crippen molar-refractivity contribution in [2.75, 3.05) is 13.2 Å². The van der Waals surface area contributed by atoms with E-state index in [2.05, 4.69) is 0 Å². The van der Waals surface area contributed by atoms with Crippen LogP contribution >= 0.6 is 0 Å². The third kappa shape index (κ3) is 3.67. The number of aliphatic hydroxyl groups excluding tert-OH is 1. The molecule has 1 unspecified atom stereocenters. The summed E-state index contributed by atoms with van der Waals surface area (Å²) in [5.74, 6) is 0. The van der Waals surface area contributed by atoms with E-state index in [4.69, 9.17) is 9.84 Å². The molecule has 1 rings (SSSR count). The van der Waals surface area contributed by atoms with Gasteiger partial charge in [0, 0.05) is 19.2 Å². The predicted molar refractivity (Wildman–Crippen MR) is 62.3 cm³/mol. The zero-order valence-electron chi connectivity index (χ0n) is 10.3. The van der Waals surface area contributed by atoms with Gasteiger partial charge in [-0.2, -0.15) is 0 Å². The Bertz CT molecular complexity index is 218. The van der Waals surface area contributed by atoms with Gasteiger partial charge in [0.05, 0.1) is 0 Å². The molecule has 1 amide bonds. The highest BCUT2D eigenvalue weighted by molar-refractivity contribution is 5.68. The van der Waals surface area contributed by atoms with Crippen molar-refractivity contribution < 1.29 is 14.6 Å². The second-order valence-electron chi connectivity index (χ2n) is 4.46. The molecule has 0 aromatic carbocycles. The minimum absolute atomic E-state index is 0.0239. The first-order valence-electron chi connectivity index (χ1n) is 6.27. The van der Waals surface area contributed by atoms with E-state index in [0.29, 0.717) is 6.42 Å². The first-order chi connectivity index (χ1) is 7.69. The zero-order chi connectivity index (χ0) is 12.0. The molecule has 2 atom stereocenters. The summed E-state index contributed by atoms with van der Waals surface area (Å²) in [7, 11) is 0. The van der Waals surface area contributed by atoms with Crippen LogP contribution in [0.1, 0.15) is 46.0 Å². The Labute approximate surface area is 97.6 Å². The number of hydrogen-bond donors (Lipinski definition) is 1. The molecule has 0 aromatic heterocycles. The van der Waals surface area contributed by atoms with Gasteiger partial charge in [0.1, 0.15) is 6.10 Å². The van der Waals surface area contributed by atoms with Crippen LogP contribution in [0.25, 0.3) is 0 Å². The molecule has 4 heteroatoms. The van der Waals surface area contributed by atoms with Crippen molar-refractivity contribution in [1.29, 1.82) is 0 Å². The molecule has 1 fully saturated rings. The van der Waals surface area contributed by atoms with E-state index in [-0.39, 0.29) is 24.8 Å². The topological polar surface area (TPSA) is 49.8 Å². The summed E-state index contributed by atoms with van der Waals surface area (Å²) in [4.78, 5) is 13.7. The Balaban J connectivity index is 2.50. The number of piperidine rings is 1. The molecule has 16 heavy (non-hydrogen) atoms. The monoisotopic (exact) mass is 229 g/mol. The number of amides is 1. The summed E-state index contributed by atoms with van der Waals surface area (Å²) in [6.45, 7) is 4.81. The van der Waals surface area contributed by atoms with Crippen LogP contribution in [0.5, 0.6) is 0 Å². The summed E-state index contributed by atoms with van der Waals surface area (Å²) in [6, 6.07) is 0.162. The van der Waals surface area contributed by atoms with E-state index >= 15 is 0 Å². The van der Waals surface area contributed by atoms with Gasteiger partial charge in [0.2, 0.25) is 0 Å². The summed E-state index contributed by atoms with van der Waals surface area (Å²) in [5, 5.41) is 8.97. The van der Waals surface area contributed by atoms with Gasteiger partial charge in [-0.05, 0) is 39.0 Å². The van der Waals surface area contributed by atoms with Crippen LogP contribution in [0.15, 0.2) is 0 Å². The fraction of sp³-hybridized carbons (Fsp3) is 0.917. The maximum absolute atomic E-state index is 11.9. The largest absolute Gasteiger partial charge is 0.446 e. The highest BCUT2D eigenvalue weighted by atomic mass is 16.6. The van der Waals surface area contributed by atoms with E-state index in [1.54, 1.807) is 4.90 Å². The minimum Gasteiger partial charge on any atom is -0.446 e. The van der Waals surface area contributed by atoms with Gasteiger partial charge < -0.3 is 14.7 Å². The molecule has 0 aromatic rings. The lowest BCUT2D eigenvalue weighted by molar-refractivity contribution is 0.0413. The van der Waals surface area contributed by atoms with Crippen molar-refractivity contribution in [3.63, 3.8) is 0 Å². The first-order valence-corrected chi connectivity index (χ1v) is 6.27. The van der Waals surface area contributed by atoms with Crippen molar-refractivity contribution in [2.45, 2.75) is 58.1 Å². The number of rotatable bonds is 4. The summed E-state index contributed by atoms with van der Waals surface area (Å²) >= 11 is 0. The van der Waals surface area contributed by atoms with Crippen molar-refractivity contribution in [1.82, 2.24) is 4.90 Å². The van der Waals surface area contributed by atoms with Gasteiger partial charge in [0.15, 0.2) is 0 Å². The maximum Gasteiger partial charge on any atom is 0.410 e. The van der Waals surface area contributed by atoms with Gasteiger partial charge in [0.25, 0.3) is 0 Å². The van der Waals surface area contributed by atoms with Crippen LogP contribution in [-0.4, -0.2) is 41.4 Å². The number of carbonyl (C=O) groups is 1. The fourth-order valence-corrected chi connectivity index (χ4v) is 2.01. The normalized spacial score (nSPS) is 22.9. The molecule has 0 bridgehead atoms. The Hall–Kier alpha value is -0.770. The average Bonchev–Trinajstić information content (AvgIpc) is 2.30. The number of ether oxygens (including phenoxy) is 1. The number of nitrogens with zero attached hydrogens (tertiary/aromatic N) is 1. The van der Waals surface area contributed by atoms with Gasteiger partial charge in [-0.1, -0.05) is 6.92 Å². The second kappa shape index (κ2) is 6.74. The molecule has 4 nitrogen and oxygen atoms in total. The molecule has 0 radical (unpaired) electrons. The molecule has 0 saturated carbocycles. The summed E-state index contributed by atoms with van der Waals surface area (Å²) in [6.07, 6.45) is 4.42. The molecule has 1 aliphatic heterocycles. The van der Waals surface area contributed by atoms with Crippen LogP contribution in [0.4, 0.5) is 4.79 Å². The van der Waals surface area contributed by atoms with E-state index in [9.17, 15) is 4.79 Å². The molecule has 0 aliphatic carbocycles. The Morgan fingerprint density at radius 1 is 1.56 bits per heavy atom. The zero-order valence-corrected chi connectivity index (χ0v) is 10.3. The third-order valence-corrected chi connectivity index (χ3v) is 3.20. The standard InChI is InChI=1S/C12H23NO3/c1-3-10(2)16-12(15)13-8-5-4-6-11(13)7-9-14/h10-11,14H,3-9H2,1-2H3/t10?,11-/m1/s1. The second-order valence-corrected chi connectivity index (χ2v) is 4.46. The van der Waals surface area contributed by atoms with Crippen molar-refractivity contribution in [2.24, 2.45) is 0 Å². The van der Waals surface area contributed by atoms with Crippen LogP contribution in [0.3, 0.4) is 0 Å². The summed E-state index contributed by atoms with van der Waals surface area (Å²) < 4.78 is 5.32. The van der Waals surface area contributed by atoms with Crippen LogP contribution in [0.2, 0.25) is 0 Å². The van der Waals surface area contributed by atoms with Crippen LogP contribution in [0, 0.1) is 0 Å². The Morgan fingerprint density at radius 3 is 2.94 bits per heavy atom. The van der Waals surface area contributed by atoms with E-state index in [0.717, 1.165) is 32.2 Å². The fourth-order valence-electron chi connectivity index (χ4n) is 2.01. The predicted octanol–water partition coefficient (Wildman–Crippen LogP) is 2.16. The molecule has 0 spiro atoms.